The molecule has 5 nitrogen and oxygen atoms in total. The summed E-state index contributed by atoms with van der Waals surface area (Å²) in [7, 11) is 0. The van der Waals surface area contributed by atoms with Crippen molar-refractivity contribution in [3.8, 4) is 0 Å². The fourth-order valence-corrected chi connectivity index (χ4v) is 4.37. The minimum Gasteiger partial charge on any atom is -0.326 e. The molecule has 2 aromatic rings. The van der Waals surface area contributed by atoms with Crippen LogP contribution in [0.3, 0.4) is 0 Å². The molecule has 2 atom stereocenters. The van der Waals surface area contributed by atoms with Gasteiger partial charge in [0.25, 0.3) is 11.8 Å². The van der Waals surface area contributed by atoms with Gasteiger partial charge in [-0.25, -0.2) is 0 Å². The number of nitrogens with zero attached hydrogens (tertiary/aromatic N) is 1. The van der Waals surface area contributed by atoms with Crippen molar-refractivity contribution in [2.45, 2.75) is 32.6 Å². The highest BCUT2D eigenvalue weighted by molar-refractivity contribution is 6.21. The minimum atomic E-state index is -0.246. The van der Waals surface area contributed by atoms with Gasteiger partial charge in [-0.05, 0) is 55.5 Å². The Balaban J connectivity index is 1.49. The third kappa shape index (κ3) is 3.44. The van der Waals surface area contributed by atoms with Crippen molar-refractivity contribution in [2.75, 3.05) is 11.9 Å². The normalized spacial score (nSPS) is 21.5. The van der Waals surface area contributed by atoms with Crippen molar-refractivity contribution >= 4 is 23.4 Å². The molecule has 2 unspecified atom stereocenters. The average Bonchev–Trinajstić information content (AvgIpc) is 2.94. The highest BCUT2D eigenvalue weighted by atomic mass is 16.2. The van der Waals surface area contributed by atoms with E-state index in [2.05, 4.69) is 5.32 Å². The van der Waals surface area contributed by atoms with Crippen molar-refractivity contribution in [1.29, 1.82) is 0 Å². The molecule has 1 aliphatic carbocycles. The van der Waals surface area contributed by atoms with Gasteiger partial charge in [0.05, 0.1) is 11.1 Å². The van der Waals surface area contributed by atoms with E-state index >= 15 is 0 Å². The number of carbonyl (C=O) groups excluding carboxylic acids is 3. The predicted octanol–water partition coefficient (Wildman–Crippen LogP) is 4.04. The maximum atomic E-state index is 12.9. The van der Waals surface area contributed by atoms with Gasteiger partial charge in [0, 0.05) is 18.2 Å². The summed E-state index contributed by atoms with van der Waals surface area (Å²) in [5, 5.41) is 3.02. The fourth-order valence-electron chi connectivity index (χ4n) is 4.37. The zero-order valence-electron chi connectivity index (χ0n) is 16.0. The van der Waals surface area contributed by atoms with Gasteiger partial charge in [0.1, 0.15) is 0 Å². The Bertz CT molecular complexity index is 902. The lowest BCUT2D eigenvalue weighted by Crippen LogP contribution is -2.41. The Labute approximate surface area is 164 Å². The van der Waals surface area contributed by atoms with E-state index < -0.39 is 0 Å². The van der Waals surface area contributed by atoms with E-state index in [0.717, 1.165) is 36.9 Å². The summed E-state index contributed by atoms with van der Waals surface area (Å²) in [5.74, 6) is -0.723. The number of rotatable bonds is 4. The molecule has 1 saturated carbocycles. The highest BCUT2D eigenvalue weighted by Crippen LogP contribution is 2.34. The van der Waals surface area contributed by atoms with Gasteiger partial charge in [-0.2, -0.15) is 0 Å². The van der Waals surface area contributed by atoms with Gasteiger partial charge in [0.2, 0.25) is 5.91 Å². The molecule has 2 aliphatic rings. The molecule has 144 valence electrons. The summed E-state index contributed by atoms with van der Waals surface area (Å²) in [6.07, 6.45) is 3.64. The Kier molecular flexibility index (Phi) is 4.99. The summed E-state index contributed by atoms with van der Waals surface area (Å²) < 4.78 is 0. The van der Waals surface area contributed by atoms with Crippen LogP contribution in [0.4, 0.5) is 5.69 Å². The molecule has 0 aromatic heterocycles. The van der Waals surface area contributed by atoms with E-state index in [4.69, 9.17) is 0 Å². The van der Waals surface area contributed by atoms with Crippen molar-refractivity contribution in [1.82, 2.24) is 4.90 Å². The number of hydrogen-bond donors (Lipinski definition) is 1. The number of fused-ring (bicyclic) bond motifs is 1. The molecule has 4 rings (SSSR count). The monoisotopic (exact) mass is 376 g/mol. The first-order valence-electron chi connectivity index (χ1n) is 9.87. The second-order valence-corrected chi connectivity index (χ2v) is 7.78. The van der Waals surface area contributed by atoms with Crippen LogP contribution in [0, 0.1) is 18.8 Å². The Morgan fingerprint density at radius 3 is 2.36 bits per heavy atom. The van der Waals surface area contributed by atoms with Crippen LogP contribution in [-0.2, 0) is 4.79 Å². The van der Waals surface area contributed by atoms with Crippen molar-refractivity contribution < 1.29 is 14.4 Å². The number of amides is 3. The van der Waals surface area contributed by atoms with Crippen LogP contribution < -0.4 is 5.32 Å². The van der Waals surface area contributed by atoms with Gasteiger partial charge in [-0.1, -0.05) is 37.1 Å². The van der Waals surface area contributed by atoms with Crippen LogP contribution in [-0.4, -0.2) is 29.2 Å². The van der Waals surface area contributed by atoms with E-state index in [0.29, 0.717) is 17.7 Å². The molecular weight excluding hydrogens is 352 g/mol. The number of carbonyl (C=O) groups is 3. The van der Waals surface area contributed by atoms with Crippen LogP contribution in [0.1, 0.15) is 52.0 Å². The van der Waals surface area contributed by atoms with Crippen LogP contribution in [0.25, 0.3) is 0 Å². The molecular formula is C23H24N2O3. The molecule has 0 radical (unpaired) electrons. The van der Waals surface area contributed by atoms with Crippen molar-refractivity contribution in [3.63, 3.8) is 0 Å². The lowest BCUT2D eigenvalue weighted by Gasteiger charge is -2.32. The molecule has 5 heteroatoms. The molecule has 0 saturated heterocycles. The first kappa shape index (κ1) is 18.4. The maximum Gasteiger partial charge on any atom is 0.261 e. The van der Waals surface area contributed by atoms with E-state index in [1.165, 1.54) is 4.90 Å². The lowest BCUT2D eigenvalue weighted by atomic mass is 9.78. The summed E-state index contributed by atoms with van der Waals surface area (Å²) in [5.41, 5.74) is 2.80. The first-order chi connectivity index (χ1) is 13.5. The number of hydrogen-bond acceptors (Lipinski definition) is 3. The van der Waals surface area contributed by atoms with E-state index in [1.807, 2.05) is 31.2 Å². The largest absolute Gasteiger partial charge is 0.326 e. The van der Waals surface area contributed by atoms with Gasteiger partial charge in [-0.3, -0.25) is 19.3 Å². The van der Waals surface area contributed by atoms with Crippen LogP contribution >= 0.6 is 0 Å². The molecule has 1 N–H and O–H groups in total. The zero-order chi connectivity index (χ0) is 19.7. The second kappa shape index (κ2) is 7.58. The molecule has 28 heavy (non-hydrogen) atoms. The quantitative estimate of drug-likeness (QED) is 0.819. The Morgan fingerprint density at radius 1 is 1.00 bits per heavy atom. The van der Waals surface area contributed by atoms with Gasteiger partial charge in [0.15, 0.2) is 0 Å². The minimum absolute atomic E-state index is 0.0132. The summed E-state index contributed by atoms with van der Waals surface area (Å²) >= 11 is 0. The number of aryl methyl sites for hydroxylation is 1. The van der Waals surface area contributed by atoms with E-state index in [9.17, 15) is 14.4 Å². The predicted molar refractivity (Wildman–Crippen MR) is 107 cm³/mol. The van der Waals surface area contributed by atoms with Crippen LogP contribution in [0.15, 0.2) is 48.5 Å². The highest BCUT2D eigenvalue weighted by Gasteiger charge is 2.39. The standard InChI is InChI=1S/C23H24N2O3/c1-15-7-6-9-17(13-15)24-21(26)18-10-3-2-8-16(18)14-25-22(27)19-11-4-5-12-20(19)23(25)28/h4-7,9,11-13,16,18H,2-3,8,10,14H2,1H3,(H,24,26). The molecule has 0 spiro atoms. The number of nitrogens with one attached hydrogen (secondary N) is 1. The first-order valence-corrected chi connectivity index (χ1v) is 9.87. The van der Waals surface area contributed by atoms with Gasteiger partial charge < -0.3 is 5.32 Å². The van der Waals surface area contributed by atoms with E-state index in [1.54, 1.807) is 24.3 Å². The lowest BCUT2D eigenvalue weighted by molar-refractivity contribution is -0.122. The van der Waals surface area contributed by atoms with Crippen molar-refractivity contribution in [3.05, 3.63) is 65.2 Å². The number of benzene rings is 2. The van der Waals surface area contributed by atoms with E-state index in [-0.39, 0.29) is 29.6 Å². The van der Waals surface area contributed by atoms with Crippen LogP contribution in [0.2, 0.25) is 0 Å². The smallest absolute Gasteiger partial charge is 0.261 e. The van der Waals surface area contributed by atoms with Crippen LogP contribution in [0.5, 0.6) is 0 Å². The number of imide groups is 1. The maximum absolute atomic E-state index is 12.9. The Morgan fingerprint density at radius 2 is 1.68 bits per heavy atom. The third-order valence-electron chi connectivity index (χ3n) is 5.83. The molecule has 3 amide bonds. The molecule has 1 heterocycles. The average molecular weight is 376 g/mol. The SMILES string of the molecule is Cc1cccc(NC(=O)C2CCCCC2CN2C(=O)c3ccccc3C2=O)c1. The second-order valence-electron chi connectivity index (χ2n) is 7.78. The third-order valence-corrected chi connectivity index (χ3v) is 5.83. The molecule has 1 fully saturated rings. The summed E-state index contributed by atoms with van der Waals surface area (Å²) in [4.78, 5) is 39.7. The molecule has 0 bridgehead atoms. The van der Waals surface area contributed by atoms with Gasteiger partial charge >= 0.3 is 0 Å². The fraction of sp³-hybridized carbons (Fsp3) is 0.348. The zero-order valence-corrected chi connectivity index (χ0v) is 16.0. The molecule has 2 aromatic carbocycles. The number of anilines is 1. The summed E-state index contributed by atoms with van der Waals surface area (Å²) in [6.45, 7) is 2.29. The van der Waals surface area contributed by atoms with Gasteiger partial charge in [-0.15, -0.1) is 0 Å². The molecule has 1 aliphatic heterocycles. The van der Waals surface area contributed by atoms with Crippen molar-refractivity contribution in [2.24, 2.45) is 11.8 Å². The topological polar surface area (TPSA) is 66.5 Å². The Hall–Kier alpha value is -2.95. The summed E-state index contributed by atoms with van der Waals surface area (Å²) in [6, 6.07) is 14.7.